The molecule has 0 radical (unpaired) electrons. The average molecular weight is 262 g/mol. The van der Waals surface area contributed by atoms with Crippen LogP contribution >= 0.6 is 0 Å². The first kappa shape index (κ1) is 12.5. The highest BCUT2D eigenvalue weighted by Gasteiger charge is 2.21. The molecule has 19 heavy (non-hydrogen) atoms. The van der Waals surface area contributed by atoms with Crippen LogP contribution in [0.2, 0.25) is 0 Å². The Morgan fingerprint density at radius 3 is 2.79 bits per heavy atom. The van der Waals surface area contributed by atoms with Crippen LogP contribution in [0.1, 0.15) is 38.6 Å². The SMILES string of the molecule is CC1=C(c2cc3n(n2)CCCN(C(C)C)C3)NNN1. The summed E-state index contributed by atoms with van der Waals surface area (Å²) < 4.78 is 2.15. The molecule has 3 rings (SSSR count). The van der Waals surface area contributed by atoms with Crippen LogP contribution in [0.5, 0.6) is 0 Å². The van der Waals surface area contributed by atoms with Crippen molar-refractivity contribution in [3.63, 3.8) is 0 Å². The Hall–Kier alpha value is -1.53. The molecule has 6 heteroatoms. The zero-order valence-corrected chi connectivity index (χ0v) is 11.8. The van der Waals surface area contributed by atoms with Crippen molar-refractivity contribution in [2.75, 3.05) is 6.54 Å². The number of aryl methyl sites for hydroxylation is 1. The summed E-state index contributed by atoms with van der Waals surface area (Å²) in [6.45, 7) is 9.69. The lowest BCUT2D eigenvalue weighted by molar-refractivity contribution is 0.216. The van der Waals surface area contributed by atoms with Crippen molar-refractivity contribution < 1.29 is 0 Å². The molecule has 2 aliphatic heterocycles. The normalized spacial score (nSPS) is 20.2. The number of hydrazine groups is 2. The highest BCUT2D eigenvalue weighted by molar-refractivity contribution is 5.64. The number of hydrogen-bond acceptors (Lipinski definition) is 5. The van der Waals surface area contributed by atoms with Crippen molar-refractivity contribution >= 4 is 5.70 Å². The molecule has 6 nitrogen and oxygen atoms in total. The smallest absolute Gasteiger partial charge is 0.112 e. The van der Waals surface area contributed by atoms with Crippen molar-refractivity contribution in [1.82, 2.24) is 31.1 Å². The minimum atomic E-state index is 0.582. The Morgan fingerprint density at radius 1 is 1.26 bits per heavy atom. The minimum Gasteiger partial charge on any atom is -0.306 e. The van der Waals surface area contributed by atoms with E-state index in [-0.39, 0.29) is 0 Å². The van der Waals surface area contributed by atoms with Crippen LogP contribution in [-0.2, 0) is 13.1 Å². The molecule has 104 valence electrons. The molecule has 0 fully saturated rings. The Kier molecular flexibility index (Phi) is 3.20. The van der Waals surface area contributed by atoms with Gasteiger partial charge >= 0.3 is 0 Å². The largest absolute Gasteiger partial charge is 0.306 e. The molecule has 0 bridgehead atoms. The summed E-state index contributed by atoms with van der Waals surface area (Å²) in [5.41, 5.74) is 13.5. The monoisotopic (exact) mass is 262 g/mol. The molecule has 0 saturated carbocycles. The molecule has 0 saturated heterocycles. The van der Waals surface area contributed by atoms with Crippen molar-refractivity contribution in [2.24, 2.45) is 0 Å². The summed E-state index contributed by atoms with van der Waals surface area (Å²) in [5.74, 6) is 0. The van der Waals surface area contributed by atoms with E-state index >= 15 is 0 Å². The van der Waals surface area contributed by atoms with Crippen LogP contribution in [0.4, 0.5) is 0 Å². The van der Waals surface area contributed by atoms with Crippen LogP contribution < -0.4 is 16.4 Å². The molecule has 3 heterocycles. The molecule has 0 amide bonds. The third-order valence-corrected chi connectivity index (χ3v) is 3.84. The van der Waals surface area contributed by atoms with E-state index < -0.39 is 0 Å². The molecule has 0 unspecified atom stereocenters. The van der Waals surface area contributed by atoms with Crippen LogP contribution in [-0.4, -0.2) is 27.3 Å². The predicted molar refractivity (Wildman–Crippen MR) is 74.4 cm³/mol. The number of nitrogens with zero attached hydrogens (tertiary/aromatic N) is 3. The standard InChI is InChI=1S/C13H22N6/c1-9(2)18-5-4-6-19-11(8-18)7-12(16-19)13-10(3)14-17-15-13/h7,9,14-15,17H,4-6,8H2,1-3H3. The summed E-state index contributed by atoms with van der Waals surface area (Å²) in [6.07, 6.45) is 1.16. The van der Waals surface area contributed by atoms with Gasteiger partial charge in [0.2, 0.25) is 0 Å². The molecule has 0 atom stereocenters. The van der Waals surface area contributed by atoms with E-state index in [2.05, 4.69) is 45.9 Å². The lowest BCUT2D eigenvalue weighted by atomic mass is 10.2. The number of fused-ring (bicyclic) bond motifs is 1. The second-order valence-electron chi connectivity index (χ2n) is 5.54. The van der Waals surface area contributed by atoms with Crippen LogP contribution in [0, 0.1) is 0 Å². The van der Waals surface area contributed by atoms with E-state index in [0.29, 0.717) is 6.04 Å². The quantitative estimate of drug-likeness (QED) is 0.736. The maximum Gasteiger partial charge on any atom is 0.112 e. The minimum absolute atomic E-state index is 0.582. The summed E-state index contributed by atoms with van der Waals surface area (Å²) in [4.78, 5) is 2.50. The van der Waals surface area contributed by atoms with Gasteiger partial charge in [-0.3, -0.25) is 9.58 Å². The number of rotatable bonds is 2. The van der Waals surface area contributed by atoms with Gasteiger partial charge in [-0.2, -0.15) is 10.6 Å². The van der Waals surface area contributed by atoms with Crippen molar-refractivity contribution in [2.45, 2.75) is 46.3 Å². The van der Waals surface area contributed by atoms with Crippen molar-refractivity contribution in [3.8, 4) is 0 Å². The summed E-state index contributed by atoms with van der Waals surface area (Å²) >= 11 is 0. The van der Waals surface area contributed by atoms with Gasteiger partial charge in [0.25, 0.3) is 0 Å². The molecular formula is C13H22N6. The summed E-state index contributed by atoms with van der Waals surface area (Å²) in [5, 5.41) is 4.73. The van der Waals surface area contributed by atoms with Crippen molar-refractivity contribution in [3.05, 3.63) is 23.2 Å². The first-order valence-corrected chi connectivity index (χ1v) is 6.94. The van der Waals surface area contributed by atoms with Gasteiger partial charge < -0.3 is 10.9 Å². The summed E-state index contributed by atoms with van der Waals surface area (Å²) in [7, 11) is 0. The van der Waals surface area contributed by atoms with Gasteiger partial charge in [0.05, 0.1) is 17.1 Å². The lowest BCUT2D eigenvalue weighted by Crippen LogP contribution is -2.32. The highest BCUT2D eigenvalue weighted by atomic mass is 15.6. The fraction of sp³-hybridized carbons (Fsp3) is 0.615. The second kappa shape index (κ2) is 4.86. The van der Waals surface area contributed by atoms with Gasteiger partial charge in [-0.05, 0) is 33.3 Å². The Morgan fingerprint density at radius 2 is 2.11 bits per heavy atom. The maximum absolute atomic E-state index is 4.73. The van der Waals surface area contributed by atoms with Gasteiger partial charge in [0, 0.05) is 25.7 Å². The molecule has 0 aromatic carbocycles. The lowest BCUT2D eigenvalue weighted by Gasteiger charge is -2.23. The maximum atomic E-state index is 4.73. The fourth-order valence-electron chi connectivity index (χ4n) is 2.65. The number of hydrogen-bond donors (Lipinski definition) is 3. The average Bonchev–Trinajstić information content (AvgIpc) is 2.90. The van der Waals surface area contributed by atoms with Gasteiger partial charge in [0.1, 0.15) is 5.69 Å². The third kappa shape index (κ3) is 2.33. The first-order valence-electron chi connectivity index (χ1n) is 6.94. The summed E-state index contributed by atoms with van der Waals surface area (Å²) in [6, 6.07) is 2.78. The van der Waals surface area contributed by atoms with E-state index in [4.69, 9.17) is 5.10 Å². The van der Waals surface area contributed by atoms with E-state index in [0.717, 1.165) is 43.1 Å². The van der Waals surface area contributed by atoms with E-state index in [1.807, 2.05) is 6.92 Å². The van der Waals surface area contributed by atoms with Crippen molar-refractivity contribution in [1.29, 1.82) is 0 Å². The molecule has 0 aliphatic carbocycles. The predicted octanol–water partition coefficient (Wildman–Crippen LogP) is 0.798. The Bertz CT molecular complexity index is 501. The number of allylic oxidation sites excluding steroid dienone is 1. The van der Waals surface area contributed by atoms with Gasteiger partial charge in [-0.15, -0.1) is 0 Å². The molecular weight excluding hydrogens is 240 g/mol. The zero-order valence-electron chi connectivity index (χ0n) is 11.8. The van der Waals surface area contributed by atoms with E-state index in [1.54, 1.807) is 0 Å². The van der Waals surface area contributed by atoms with Crippen LogP contribution in [0.15, 0.2) is 11.8 Å². The van der Waals surface area contributed by atoms with Gasteiger partial charge in [-0.25, -0.2) is 0 Å². The zero-order chi connectivity index (χ0) is 13.4. The molecule has 2 aliphatic rings. The Balaban J connectivity index is 1.89. The molecule has 1 aromatic rings. The number of aromatic nitrogens is 2. The second-order valence-corrected chi connectivity index (χ2v) is 5.54. The fourth-order valence-corrected chi connectivity index (χ4v) is 2.65. The van der Waals surface area contributed by atoms with Crippen LogP contribution in [0.25, 0.3) is 5.70 Å². The van der Waals surface area contributed by atoms with Gasteiger partial charge in [-0.1, -0.05) is 0 Å². The Labute approximate surface area is 113 Å². The third-order valence-electron chi connectivity index (χ3n) is 3.84. The van der Waals surface area contributed by atoms with E-state index in [1.165, 1.54) is 5.69 Å². The van der Waals surface area contributed by atoms with Crippen LogP contribution in [0.3, 0.4) is 0 Å². The molecule has 3 N–H and O–H groups in total. The highest BCUT2D eigenvalue weighted by Crippen LogP contribution is 2.20. The number of nitrogens with one attached hydrogen (secondary N) is 3. The molecule has 0 spiro atoms. The topological polar surface area (TPSA) is 57.2 Å². The molecule has 1 aromatic heterocycles. The van der Waals surface area contributed by atoms with Gasteiger partial charge in [0.15, 0.2) is 0 Å². The van der Waals surface area contributed by atoms with E-state index in [9.17, 15) is 0 Å². The first-order chi connectivity index (χ1) is 9.15.